The average Bonchev–Trinajstić information content (AvgIpc) is 2.46. The molecule has 1 aliphatic heterocycles. The lowest BCUT2D eigenvalue weighted by Crippen LogP contribution is -2.23. The predicted octanol–water partition coefficient (Wildman–Crippen LogP) is 2.62. The first-order valence-electron chi connectivity index (χ1n) is 6.54. The van der Waals surface area contributed by atoms with Crippen molar-refractivity contribution in [2.45, 2.75) is 25.6 Å². The number of carbonyl (C=O) groups is 1. The highest BCUT2D eigenvalue weighted by molar-refractivity contribution is 5.85. The van der Waals surface area contributed by atoms with E-state index in [9.17, 15) is 9.18 Å². The molecule has 1 heterocycles. The molecule has 2 rings (SSSR count). The maximum Gasteiger partial charge on any atom is 0.328 e. The van der Waals surface area contributed by atoms with Crippen LogP contribution in [0.5, 0.6) is 0 Å². The van der Waals surface area contributed by atoms with Crippen molar-refractivity contribution in [1.29, 1.82) is 0 Å². The lowest BCUT2D eigenvalue weighted by molar-refractivity contribution is -0.131. The monoisotopic (exact) mass is 280 g/mol. The minimum atomic E-state index is -1.10. The topological polar surface area (TPSA) is 55.8 Å². The third-order valence-electron chi connectivity index (χ3n) is 3.12. The second-order valence-corrected chi connectivity index (χ2v) is 4.65. The zero-order chi connectivity index (χ0) is 14.4. The molecule has 0 amide bonds. The van der Waals surface area contributed by atoms with E-state index in [-0.39, 0.29) is 11.7 Å². The van der Waals surface area contributed by atoms with Crippen molar-refractivity contribution in [3.05, 3.63) is 41.2 Å². The maximum absolute atomic E-state index is 13.5. The largest absolute Gasteiger partial charge is 0.478 e. The molecule has 1 fully saturated rings. The Morgan fingerprint density at radius 1 is 1.45 bits per heavy atom. The SMILES string of the molecule is O=C(O)C=Cc1cc(COC2CCOCC2)ccc1F. The molecule has 20 heavy (non-hydrogen) atoms. The highest BCUT2D eigenvalue weighted by atomic mass is 19.1. The van der Waals surface area contributed by atoms with Gasteiger partial charge in [0.1, 0.15) is 5.82 Å². The summed E-state index contributed by atoms with van der Waals surface area (Å²) in [5.41, 5.74) is 1.07. The van der Waals surface area contributed by atoms with Gasteiger partial charge in [-0.15, -0.1) is 0 Å². The van der Waals surface area contributed by atoms with Gasteiger partial charge < -0.3 is 14.6 Å². The Morgan fingerprint density at radius 2 is 2.20 bits per heavy atom. The van der Waals surface area contributed by atoms with Crippen molar-refractivity contribution in [3.63, 3.8) is 0 Å². The van der Waals surface area contributed by atoms with Gasteiger partial charge in [0, 0.05) is 24.9 Å². The Morgan fingerprint density at radius 3 is 2.90 bits per heavy atom. The van der Waals surface area contributed by atoms with Gasteiger partial charge in [-0.2, -0.15) is 0 Å². The number of hydrogen-bond donors (Lipinski definition) is 1. The Labute approximate surface area is 116 Å². The van der Waals surface area contributed by atoms with Crippen LogP contribution in [0.3, 0.4) is 0 Å². The van der Waals surface area contributed by atoms with Gasteiger partial charge in [-0.1, -0.05) is 6.07 Å². The van der Waals surface area contributed by atoms with Crippen LogP contribution in [0.4, 0.5) is 4.39 Å². The smallest absolute Gasteiger partial charge is 0.328 e. The average molecular weight is 280 g/mol. The molecule has 0 unspecified atom stereocenters. The molecular formula is C15H17FO4. The van der Waals surface area contributed by atoms with Gasteiger partial charge in [-0.05, 0) is 36.6 Å². The van der Waals surface area contributed by atoms with Gasteiger partial charge in [0.15, 0.2) is 0 Å². The maximum atomic E-state index is 13.5. The molecule has 1 aromatic carbocycles. The Hall–Kier alpha value is -1.72. The first-order chi connectivity index (χ1) is 9.65. The van der Waals surface area contributed by atoms with Crippen molar-refractivity contribution in [2.24, 2.45) is 0 Å². The molecule has 4 nitrogen and oxygen atoms in total. The number of carboxylic acid groups (broad SMARTS) is 1. The molecule has 0 saturated carbocycles. The van der Waals surface area contributed by atoms with Crippen molar-refractivity contribution in [3.8, 4) is 0 Å². The van der Waals surface area contributed by atoms with Gasteiger partial charge in [0.2, 0.25) is 0 Å². The summed E-state index contributed by atoms with van der Waals surface area (Å²) in [4.78, 5) is 10.5. The molecule has 0 radical (unpaired) electrons. The van der Waals surface area contributed by atoms with E-state index in [1.165, 1.54) is 12.1 Å². The van der Waals surface area contributed by atoms with Crippen molar-refractivity contribution < 1.29 is 23.8 Å². The quantitative estimate of drug-likeness (QED) is 0.842. The summed E-state index contributed by atoms with van der Waals surface area (Å²) in [6, 6.07) is 4.57. The molecule has 0 spiro atoms. The van der Waals surface area contributed by atoms with E-state index in [0.29, 0.717) is 19.8 Å². The summed E-state index contributed by atoms with van der Waals surface area (Å²) >= 11 is 0. The van der Waals surface area contributed by atoms with Crippen LogP contribution in [0.2, 0.25) is 0 Å². The standard InChI is InChI=1S/C15H17FO4/c16-14-3-1-11(9-12(14)2-4-15(17)18)10-20-13-5-7-19-8-6-13/h1-4,9,13H,5-8,10H2,(H,17,18). The van der Waals surface area contributed by atoms with Crippen LogP contribution in [0, 0.1) is 5.82 Å². The highest BCUT2D eigenvalue weighted by Gasteiger charge is 2.14. The third-order valence-corrected chi connectivity index (χ3v) is 3.12. The normalized spacial score (nSPS) is 16.6. The van der Waals surface area contributed by atoms with Crippen molar-refractivity contribution >= 4 is 12.0 Å². The van der Waals surface area contributed by atoms with E-state index in [0.717, 1.165) is 24.5 Å². The number of halogens is 1. The Balaban J connectivity index is 1.97. The fourth-order valence-electron chi connectivity index (χ4n) is 2.03. The lowest BCUT2D eigenvalue weighted by Gasteiger charge is -2.22. The minimum absolute atomic E-state index is 0.173. The molecule has 108 valence electrons. The van der Waals surface area contributed by atoms with Crippen LogP contribution in [-0.2, 0) is 20.9 Å². The summed E-state index contributed by atoms with van der Waals surface area (Å²) in [5.74, 6) is -1.55. The molecule has 5 heteroatoms. The van der Waals surface area contributed by atoms with Gasteiger partial charge >= 0.3 is 5.97 Å². The van der Waals surface area contributed by atoms with E-state index < -0.39 is 11.8 Å². The van der Waals surface area contributed by atoms with Crippen LogP contribution in [0.15, 0.2) is 24.3 Å². The van der Waals surface area contributed by atoms with E-state index in [1.807, 2.05) is 0 Å². The molecule has 0 aliphatic carbocycles. The van der Waals surface area contributed by atoms with Crippen molar-refractivity contribution in [1.82, 2.24) is 0 Å². The van der Waals surface area contributed by atoms with E-state index >= 15 is 0 Å². The number of benzene rings is 1. The molecule has 1 aliphatic rings. The number of aliphatic carboxylic acids is 1. The van der Waals surface area contributed by atoms with Crippen LogP contribution >= 0.6 is 0 Å². The zero-order valence-electron chi connectivity index (χ0n) is 11.0. The molecule has 1 saturated heterocycles. The van der Waals surface area contributed by atoms with Gasteiger partial charge in [0.05, 0.1) is 12.7 Å². The summed E-state index contributed by atoms with van der Waals surface area (Å²) < 4.78 is 24.5. The lowest BCUT2D eigenvalue weighted by atomic mass is 10.1. The number of carboxylic acids is 1. The number of ether oxygens (including phenoxy) is 2. The minimum Gasteiger partial charge on any atom is -0.478 e. The summed E-state index contributed by atoms with van der Waals surface area (Å²) in [6.45, 7) is 1.81. The van der Waals surface area contributed by atoms with Crippen LogP contribution in [0.1, 0.15) is 24.0 Å². The molecular weight excluding hydrogens is 263 g/mol. The van der Waals surface area contributed by atoms with E-state index in [4.69, 9.17) is 14.6 Å². The second-order valence-electron chi connectivity index (χ2n) is 4.65. The molecule has 1 N–H and O–H groups in total. The highest BCUT2D eigenvalue weighted by Crippen LogP contribution is 2.16. The molecule has 0 bridgehead atoms. The Kier molecular flexibility index (Phi) is 5.26. The number of hydrogen-bond acceptors (Lipinski definition) is 3. The number of rotatable bonds is 5. The Bertz CT molecular complexity index is 493. The molecule has 1 aromatic rings. The van der Waals surface area contributed by atoms with Crippen LogP contribution < -0.4 is 0 Å². The van der Waals surface area contributed by atoms with Gasteiger partial charge in [0.25, 0.3) is 0 Å². The van der Waals surface area contributed by atoms with E-state index in [2.05, 4.69) is 0 Å². The first-order valence-corrected chi connectivity index (χ1v) is 6.54. The van der Waals surface area contributed by atoms with Gasteiger partial charge in [-0.25, -0.2) is 9.18 Å². The summed E-state index contributed by atoms with van der Waals surface area (Å²) in [5, 5.41) is 8.56. The first kappa shape index (κ1) is 14.7. The van der Waals surface area contributed by atoms with Crippen LogP contribution in [0.25, 0.3) is 6.08 Å². The fourth-order valence-corrected chi connectivity index (χ4v) is 2.03. The predicted molar refractivity (Wildman–Crippen MR) is 71.7 cm³/mol. The third kappa shape index (κ3) is 4.43. The summed E-state index contributed by atoms with van der Waals surface area (Å²) in [7, 11) is 0. The van der Waals surface area contributed by atoms with E-state index in [1.54, 1.807) is 12.1 Å². The fraction of sp³-hybridized carbons (Fsp3) is 0.400. The molecule has 0 aromatic heterocycles. The van der Waals surface area contributed by atoms with Crippen LogP contribution in [-0.4, -0.2) is 30.4 Å². The summed E-state index contributed by atoms with van der Waals surface area (Å²) in [6.07, 6.45) is 4.07. The zero-order valence-corrected chi connectivity index (χ0v) is 11.0. The second kappa shape index (κ2) is 7.17. The molecule has 0 atom stereocenters. The van der Waals surface area contributed by atoms with Crippen molar-refractivity contribution in [2.75, 3.05) is 13.2 Å². The van der Waals surface area contributed by atoms with Gasteiger partial charge in [-0.3, -0.25) is 0 Å².